The van der Waals surface area contributed by atoms with Gasteiger partial charge in [-0.05, 0) is 23.3 Å². The Morgan fingerprint density at radius 2 is 1.89 bits per heavy atom. The van der Waals surface area contributed by atoms with Crippen LogP contribution in [0.4, 0.5) is 4.39 Å². The van der Waals surface area contributed by atoms with E-state index in [0.29, 0.717) is 18.2 Å². The predicted molar refractivity (Wildman–Crippen MR) is 81.5 cm³/mol. The highest BCUT2D eigenvalue weighted by molar-refractivity contribution is 9.10. The van der Waals surface area contributed by atoms with E-state index in [4.69, 9.17) is 0 Å². The number of hydrogen-bond donors (Lipinski definition) is 1. The van der Waals surface area contributed by atoms with E-state index in [0.717, 1.165) is 15.6 Å². The SMILES string of the molecule is CC(C)NCc1ccc(-c2ccccc2Br)cc1F. The van der Waals surface area contributed by atoms with E-state index in [1.165, 1.54) is 0 Å². The Kier molecular flexibility index (Phi) is 4.72. The van der Waals surface area contributed by atoms with Gasteiger partial charge in [0.15, 0.2) is 0 Å². The van der Waals surface area contributed by atoms with Crippen molar-refractivity contribution in [3.05, 3.63) is 58.3 Å². The summed E-state index contributed by atoms with van der Waals surface area (Å²) >= 11 is 3.49. The molecule has 0 fully saturated rings. The number of hydrogen-bond acceptors (Lipinski definition) is 1. The Morgan fingerprint density at radius 3 is 2.53 bits per heavy atom. The number of rotatable bonds is 4. The number of halogens is 2. The van der Waals surface area contributed by atoms with E-state index >= 15 is 0 Å². The minimum Gasteiger partial charge on any atom is -0.310 e. The fraction of sp³-hybridized carbons (Fsp3) is 0.250. The topological polar surface area (TPSA) is 12.0 Å². The van der Waals surface area contributed by atoms with Gasteiger partial charge in [0.1, 0.15) is 5.82 Å². The van der Waals surface area contributed by atoms with Gasteiger partial charge in [0.05, 0.1) is 0 Å². The maximum Gasteiger partial charge on any atom is 0.128 e. The Balaban J connectivity index is 2.26. The van der Waals surface area contributed by atoms with Gasteiger partial charge in [-0.15, -0.1) is 0 Å². The third-order valence-electron chi connectivity index (χ3n) is 2.94. The van der Waals surface area contributed by atoms with Crippen LogP contribution in [0.3, 0.4) is 0 Å². The summed E-state index contributed by atoms with van der Waals surface area (Å²) in [4.78, 5) is 0. The fourth-order valence-electron chi connectivity index (χ4n) is 1.87. The first-order chi connectivity index (χ1) is 9.08. The number of benzene rings is 2. The molecule has 0 saturated carbocycles. The van der Waals surface area contributed by atoms with Crippen molar-refractivity contribution in [3.63, 3.8) is 0 Å². The van der Waals surface area contributed by atoms with E-state index in [9.17, 15) is 4.39 Å². The molecule has 0 aliphatic carbocycles. The minimum absolute atomic E-state index is 0.165. The van der Waals surface area contributed by atoms with E-state index in [2.05, 4.69) is 21.2 Å². The molecule has 0 aromatic heterocycles. The zero-order valence-corrected chi connectivity index (χ0v) is 12.7. The third kappa shape index (κ3) is 3.64. The van der Waals surface area contributed by atoms with Gasteiger partial charge in [0.25, 0.3) is 0 Å². The van der Waals surface area contributed by atoms with E-state index < -0.39 is 0 Å². The average molecular weight is 322 g/mol. The summed E-state index contributed by atoms with van der Waals surface area (Å²) in [6.07, 6.45) is 0. The van der Waals surface area contributed by atoms with Gasteiger partial charge in [-0.2, -0.15) is 0 Å². The number of nitrogens with one attached hydrogen (secondary N) is 1. The van der Waals surface area contributed by atoms with Gasteiger partial charge in [-0.25, -0.2) is 4.39 Å². The van der Waals surface area contributed by atoms with Crippen molar-refractivity contribution >= 4 is 15.9 Å². The van der Waals surface area contributed by atoms with E-state index in [1.54, 1.807) is 6.07 Å². The molecule has 0 heterocycles. The summed E-state index contributed by atoms with van der Waals surface area (Å²) in [6.45, 7) is 4.65. The Hall–Kier alpha value is -1.19. The highest BCUT2D eigenvalue weighted by Gasteiger charge is 2.07. The van der Waals surface area contributed by atoms with Crippen molar-refractivity contribution in [1.82, 2.24) is 5.32 Å². The lowest BCUT2D eigenvalue weighted by molar-refractivity contribution is 0.553. The zero-order valence-electron chi connectivity index (χ0n) is 11.1. The second kappa shape index (κ2) is 6.31. The second-order valence-electron chi connectivity index (χ2n) is 4.82. The van der Waals surface area contributed by atoms with Gasteiger partial charge >= 0.3 is 0 Å². The van der Waals surface area contributed by atoms with Crippen LogP contribution < -0.4 is 5.32 Å². The first kappa shape index (κ1) is 14.2. The summed E-state index contributed by atoms with van der Waals surface area (Å²) in [5.74, 6) is -0.165. The standard InChI is InChI=1S/C16H17BrFN/c1-11(2)19-10-13-8-7-12(9-16(13)18)14-5-3-4-6-15(14)17/h3-9,11,19H,10H2,1-2H3. The van der Waals surface area contributed by atoms with Crippen LogP contribution in [-0.2, 0) is 6.54 Å². The van der Waals surface area contributed by atoms with Crippen molar-refractivity contribution in [2.45, 2.75) is 26.4 Å². The quantitative estimate of drug-likeness (QED) is 0.856. The normalized spacial score (nSPS) is 11.0. The van der Waals surface area contributed by atoms with Crippen LogP contribution >= 0.6 is 15.9 Å². The molecule has 1 N–H and O–H groups in total. The first-order valence-electron chi connectivity index (χ1n) is 6.34. The molecule has 0 bridgehead atoms. The maximum absolute atomic E-state index is 14.1. The Labute approximate surface area is 122 Å². The predicted octanol–water partition coefficient (Wildman–Crippen LogP) is 4.75. The lowest BCUT2D eigenvalue weighted by Crippen LogP contribution is -2.22. The average Bonchev–Trinajstić information content (AvgIpc) is 2.37. The third-order valence-corrected chi connectivity index (χ3v) is 3.63. The molecule has 0 saturated heterocycles. The smallest absolute Gasteiger partial charge is 0.128 e. The molecule has 2 aromatic carbocycles. The van der Waals surface area contributed by atoms with Crippen LogP contribution in [0.15, 0.2) is 46.9 Å². The van der Waals surface area contributed by atoms with E-state index in [-0.39, 0.29) is 5.82 Å². The molecule has 2 aromatic rings. The summed E-state index contributed by atoms with van der Waals surface area (Å²) in [5, 5.41) is 3.22. The molecule has 0 spiro atoms. The second-order valence-corrected chi connectivity index (χ2v) is 5.68. The van der Waals surface area contributed by atoms with Crippen LogP contribution in [0.5, 0.6) is 0 Å². The highest BCUT2D eigenvalue weighted by atomic mass is 79.9. The molecule has 0 aliphatic rings. The molecule has 0 unspecified atom stereocenters. The molecular weight excluding hydrogens is 305 g/mol. The largest absolute Gasteiger partial charge is 0.310 e. The minimum atomic E-state index is -0.165. The molecular formula is C16H17BrFN. The van der Waals surface area contributed by atoms with Crippen molar-refractivity contribution in [3.8, 4) is 11.1 Å². The van der Waals surface area contributed by atoms with Gasteiger partial charge in [0.2, 0.25) is 0 Å². The summed E-state index contributed by atoms with van der Waals surface area (Å²) in [5.41, 5.74) is 2.59. The summed E-state index contributed by atoms with van der Waals surface area (Å²) < 4.78 is 15.0. The van der Waals surface area contributed by atoms with Crippen molar-refractivity contribution in [2.75, 3.05) is 0 Å². The molecule has 2 rings (SSSR count). The summed E-state index contributed by atoms with van der Waals surface area (Å²) in [7, 11) is 0. The van der Waals surface area contributed by atoms with Crippen molar-refractivity contribution in [2.24, 2.45) is 0 Å². The summed E-state index contributed by atoms with van der Waals surface area (Å²) in [6, 6.07) is 13.6. The maximum atomic E-state index is 14.1. The Bertz CT molecular complexity index is 566. The molecule has 0 aliphatic heterocycles. The van der Waals surface area contributed by atoms with Crippen LogP contribution in [0.2, 0.25) is 0 Å². The molecule has 0 amide bonds. The van der Waals surface area contributed by atoms with E-state index in [1.807, 2.05) is 50.2 Å². The van der Waals surface area contributed by atoms with Crippen LogP contribution in [0.1, 0.15) is 19.4 Å². The van der Waals surface area contributed by atoms with Crippen LogP contribution in [-0.4, -0.2) is 6.04 Å². The molecule has 0 atom stereocenters. The highest BCUT2D eigenvalue weighted by Crippen LogP contribution is 2.29. The molecule has 100 valence electrons. The lowest BCUT2D eigenvalue weighted by atomic mass is 10.0. The molecule has 1 nitrogen and oxygen atoms in total. The van der Waals surface area contributed by atoms with Crippen LogP contribution in [0.25, 0.3) is 11.1 Å². The zero-order chi connectivity index (χ0) is 13.8. The lowest BCUT2D eigenvalue weighted by Gasteiger charge is -2.11. The first-order valence-corrected chi connectivity index (χ1v) is 7.14. The molecule has 19 heavy (non-hydrogen) atoms. The fourth-order valence-corrected chi connectivity index (χ4v) is 2.38. The molecule has 3 heteroatoms. The monoisotopic (exact) mass is 321 g/mol. The van der Waals surface area contributed by atoms with Crippen molar-refractivity contribution < 1.29 is 4.39 Å². The Morgan fingerprint density at radius 1 is 1.16 bits per heavy atom. The van der Waals surface area contributed by atoms with Gasteiger partial charge in [0, 0.05) is 22.6 Å². The van der Waals surface area contributed by atoms with Gasteiger partial charge in [-0.1, -0.05) is 60.1 Å². The van der Waals surface area contributed by atoms with Gasteiger partial charge < -0.3 is 5.32 Å². The van der Waals surface area contributed by atoms with Gasteiger partial charge in [-0.3, -0.25) is 0 Å². The van der Waals surface area contributed by atoms with Crippen LogP contribution in [0, 0.1) is 5.82 Å². The molecule has 0 radical (unpaired) electrons. The van der Waals surface area contributed by atoms with Crippen molar-refractivity contribution in [1.29, 1.82) is 0 Å².